The summed E-state index contributed by atoms with van der Waals surface area (Å²) in [5, 5.41) is 15.5. The summed E-state index contributed by atoms with van der Waals surface area (Å²) in [5.74, 6) is -2.25. The van der Waals surface area contributed by atoms with Crippen molar-refractivity contribution in [3.05, 3.63) is 59.7 Å². The molecule has 2 aromatic carbocycles. The van der Waals surface area contributed by atoms with Crippen molar-refractivity contribution in [2.24, 2.45) is 5.10 Å². The minimum absolute atomic E-state index is 0.0274. The van der Waals surface area contributed by atoms with Crippen LogP contribution in [0.5, 0.6) is 5.75 Å². The van der Waals surface area contributed by atoms with E-state index in [0.717, 1.165) is 24.3 Å². The molecule has 0 aliphatic rings. The number of para-hydroxylation sites is 1. The van der Waals surface area contributed by atoms with Gasteiger partial charge in [-0.2, -0.15) is 18.3 Å². The normalized spacial score (nSPS) is 11.8. The number of hydrogen-bond donors (Lipinski definition) is 3. The van der Waals surface area contributed by atoms with Crippen LogP contribution in [-0.4, -0.2) is 22.6 Å². The van der Waals surface area contributed by atoms with Crippen molar-refractivity contribution in [1.29, 1.82) is 0 Å². The van der Waals surface area contributed by atoms with Crippen molar-refractivity contribution in [3.8, 4) is 5.75 Å². The van der Waals surface area contributed by atoms with Crippen LogP contribution >= 0.6 is 0 Å². The SMILES string of the molecule is C/C(=N\NC(=O)C(=O)Nc1ccc(C(F)(F)F)cc1)c1ccccc1O. The van der Waals surface area contributed by atoms with Crippen LogP contribution in [0.15, 0.2) is 53.6 Å². The van der Waals surface area contributed by atoms with Gasteiger partial charge in [0.15, 0.2) is 0 Å². The molecule has 0 aliphatic heterocycles. The molecule has 2 rings (SSSR count). The Hall–Kier alpha value is -3.36. The summed E-state index contributed by atoms with van der Waals surface area (Å²) in [7, 11) is 0. The number of hydrazone groups is 1. The number of phenolic OH excluding ortho intramolecular Hbond substituents is 1. The zero-order valence-electron chi connectivity index (χ0n) is 13.5. The Kier molecular flexibility index (Phi) is 5.61. The van der Waals surface area contributed by atoms with Crippen LogP contribution in [0.3, 0.4) is 0 Å². The fraction of sp³-hybridized carbons (Fsp3) is 0.118. The van der Waals surface area contributed by atoms with Gasteiger partial charge >= 0.3 is 18.0 Å². The average molecular weight is 365 g/mol. The highest BCUT2D eigenvalue weighted by Crippen LogP contribution is 2.29. The second-order valence-corrected chi connectivity index (χ2v) is 5.18. The fourth-order valence-electron chi connectivity index (χ4n) is 1.96. The largest absolute Gasteiger partial charge is 0.507 e. The number of carbonyl (C=O) groups is 2. The fourth-order valence-corrected chi connectivity index (χ4v) is 1.96. The number of nitrogens with zero attached hydrogens (tertiary/aromatic N) is 1. The highest BCUT2D eigenvalue weighted by molar-refractivity contribution is 6.39. The van der Waals surface area contributed by atoms with E-state index in [1.165, 1.54) is 13.0 Å². The molecule has 2 amide bonds. The van der Waals surface area contributed by atoms with Crippen LogP contribution in [0.1, 0.15) is 18.1 Å². The van der Waals surface area contributed by atoms with Gasteiger partial charge in [0.25, 0.3) is 0 Å². The van der Waals surface area contributed by atoms with E-state index in [1.807, 2.05) is 5.43 Å². The maximum absolute atomic E-state index is 12.5. The lowest BCUT2D eigenvalue weighted by atomic mass is 10.1. The molecule has 0 bridgehead atoms. The molecule has 0 aliphatic carbocycles. The minimum Gasteiger partial charge on any atom is -0.507 e. The average Bonchev–Trinajstić information content (AvgIpc) is 2.59. The maximum Gasteiger partial charge on any atom is 0.416 e. The van der Waals surface area contributed by atoms with Gasteiger partial charge < -0.3 is 10.4 Å². The molecule has 0 unspecified atom stereocenters. The number of benzene rings is 2. The van der Waals surface area contributed by atoms with E-state index in [-0.39, 0.29) is 17.1 Å². The molecule has 0 atom stereocenters. The Morgan fingerprint density at radius 3 is 2.19 bits per heavy atom. The van der Waals surface area contributed by atoms with Gasteiger partial charge in [0.2, 0.25) is 0 Å². The van der Waals surface area contributed by atoms with E-state index < -0.39 is 23.6 Å². The van der Waals surface area contributed by atoms with Gasteiger partial charge in [0.1, 0.15) is 5.75 Å². The molecule has 0 spiro atoms. The summed E-state index contributed by atoms with van der Waals surface area (Å²) in [6.07, 6.45) is -4.49. The third-order valence-electron chi connectivity index (χ3n) is 3.30. The summed E-state index contributed by atoms with van der Waals surface area (Å²) in [4.78, 5) is 23.5. The molecular weight excluding hydrogens is 351 g/mol. The molecule has 26 heavy (non-hydrogen) atoms. The molecule has 6 nitrogen and oxygen atoms in total. The predicted octanol–water partition coefficient (Wildman–Crippen LogP) is 2.89. The quantitative estimate of drug-likeness (QED) is 0.444. The number of carbonyl (C=O) groups excluding carboxylic acids is 2. The van der Waals surface area contributed by atoms with E-state index >= 15 is 0 Å². The van der Waals surface area contributed by atoms with Crippen molar-refractivity contribution >= 4 is 23.2 Å². The number of phenols is 1. The van der Waals surface area contributed by atoms with Gasteiger partial charge in [-0.3, -0.25) is 9.59 Å². The topological polar surface area (TPSA) is 90.8 Å². The number of hydrogen-bond acceptors (Lipinski definition) is 4. The monoisotopic (exact) mass is 365 g/mol. The maximum atomic E-state index is 12.5. The van der Waals surface area contributed by atoms with Crippen molar-refractivity contribution in [1.82, 2.24) is 5.43 Å². The first kappa shape index (κ1) is 19.0. The van der Waals surface area contributed by atoms with Crippen molar-refractivity contribution < 1.29 is 27.9 Å². The first-order valence-electron chi connectivity index (χ1n) is 7.29. The molecule has 9 heteroatoms. The number of nitrogens with one attached hydrogen (secondary N) is 2. The molecule has 136 valence electrons. The zero-order valence-corrected chi connectivity index (χ0v) is 13.5. The van der Waals surface area contributed by atoms with Crippen LogP contribution in [0.2, 0.25) is 0 Å². The minimum atomic E-state index is -4.49. The smallest absolute Gasteiger partial charge is 0.416 e. The molecule has 0 fully saturated rings. The summed E-state index contributed by atoms with van der Waals surface area (Å²) in [6.45, 7) is 1.52. The van der Waals surface area contributed by atoms with Crippen molar-refractivity contribution in [3.63, 3.8) is 0 Å². The van der Waals surface area contributed by atoms with E-state index in [1.54, 1.807) is 18.2 Å². The van der Waals surface area contributed by atoms with E-state index in [2.05, 4.69) is 10.4 Å². The summed E-state index contributed by atoms with van der Waals surface area (Å²) in [6, 6.07) is 9.92. The second-order valence-electron chi connectivity index (χ2n) is 5.18. The van der Waals surface area contributed by atoms with E-state index in [9.17, 15) is 27.9 Å². The molecule has 0 aromatic heterocycles. The molecule has 0 saturated carbocycles. The van der Waals surface area contributed by atoms with Crippen LogP contribution in [0.4, 0.5) is 18.9 Å². The summed E-state index contributed by atoms with van der Waals surface area (Å²) < 4.78 is 37.4. The van der Waals surface area contributed by atoms with Crippen LogP contribution in [-0.2, 0) is 15.8 Å². The Morgan fingerprint density at radius 1 is 1.00 bits per heavy atom. The number of halogens is 3. The molecular formula is C17H14F3N3O3. The number of alkyl halides is 3. The van der Waals surface area contributed by atoms with Gasteiger partial charge in [-0.15, -0.1) is 0 Å². The lowest BCUT2D eigenvalue weighted by Gasteiger charge is -2.08. The molecule has 0 saturated heterocycles. The molecule has 2 aromatic rings. The third kappa shape index (κ3) is 4.82. The van der Waals surface area contributed by atoms with Crippen LogP contribution in [0.25, 0.3) is 0 Å². The van der Waals surface area contributed by atoms with Crippen molar-refractivity contribution in [2.75, 3.05) is 5.32 Å². The van der Waals surface area contributed by atoms with Crippen LogP contribution < -0.4 is 10.7 Å². The standard InChI is InChI=1S/C17H14F3N3O3/c1-10(13-4-2-3-5-14(13)24)22-23-16(26)15(25)21-12-8-6-11(7-9-12)17(18,19)20/h2-9,24H,1H3,(H,21,25)(H,23,26)/b22-10+. The first-order chi connectivity index (χ1) is 12.2. The Morgan fingerprint density at radius 2 is 1.62 bits per heavy atom. The Bertz CT molecular complexity index is 846. The summed E-state index contributed by atoms with van der Waals surface area (Å²) >= 11 is 0. The van der Waals surface area contributed by atoms with Gasteiger partial charge in [-0.1, -0.05) is 12.1 Å². The number of aromatic hydroxyl groups is 1. The van der Waals surface area contributed by atoms with Crippen molar-refractivity contribution in [2.45, 2.75) is 13.1 Å². The Balaban J connectivity index is 1.98. The first-order valence-corrected chi connectivity index (χ1v) is 7.29. The van der Waals surface area contributed by atoms with Gasteiger partial charge in [0, 0.05) is 11.3 Å². The number of rotatable bonds is 3. The van der Waals surface area contributed by atoms with E-state index in [4.69, 9.17) is 0 Å². The van der Waals surface area contributed by atoms with Gasteiger partial charge in [-0.25, -0.2) is 5.43 Å². The van der Waals surface area contributed by atoms with Crippen LogP contribution in [0, 0.1) is 0 Å². The highest BCUT2D eigenvalue weighted by atomic mass is 19.4. The van der Waals surface area contributed by atoms with Gasteiger partial charge in [-0.05, 0) is 43.3 Å². The third-order valence-corrected chi connectivity index (χ3v) is 3.30. The lowest BCUT2D eigenvalue weighted by molar-refractivity contribution is -0.137. The number of amides is 2. The summed E-state index contributed by atoms with van der Waals surface area (Å²) in [5.41, 5.74) is 1.80. The second kappa shape index (κ2) is 7.68. The predicted molar refractivity (Wildman–Crippen MR) is 88.5 cm³/mol. The molecule has 3 N–H and O–H groups in total. The highest BCUT2D eigenvalue weighted by Gasteiger charge is 2.30. The molecule has 0 heterocycles. The van der Waals surface area contributed by atoms with Gasteiger partial charge in [0.05, 0.1) is 11.3 Å². The molecule has 0 radical (unpaired) electrons. The number of anilines is 1. The zero-order chi connectivity index (χ0) is 19.3. The lowest BCUT2D eigenvalue weighted by Crippen LogP contribution is -2.33. The Labute approximate surface area is 146 Å². The van der Waals surface area contributed by atoms with E-state index in [0.29, 0.717) is 5.56 Å².